The maximum atomic E-state index is 6.09. The summed E-state index contributed by atoms with van der Waals surface area (Å²) in [5.74, 6) is 0. The SMILES string of the molecule is Clc1cc2c(cc1CBr)CCCN2. The highest BCUT2D eigenvalue weighted by atomic mass is 79.9. The van der Waals surface area contributed by atoms with Crippen molar-refractivity contribution in [2.75, 3.05) is 11.9 Å². The highest BCUT2D eigenvalue weighted by Crippen LogP contribution is 2.29. The number of fused-ring (bicyclic) bond motifs is 1. The molecule has 1 nitrogen and oxygen atoms in total. The zero-order chi connectivity index (χ0) is 9.26. The Morgan fingerprint density at radius 1 is 1.46 bits per heavy atom. The first-order valence-electron chi connectivity index (χ1n) is 4.42. The number of hydrogen-bond donors (Lipinski definition) is 1. The zero-order valence-electron chi connectivity index (χ0n) is 7.24. The summed E-state index contributed by atoms with van der Waals surface area (Å²) < 4.78 is 0. The van der Waals surface area contributed by atoms with Crippen LogP contribution < -0.4 is 5.32 Å². The Morgan fingerprint density at radius 3 is 3.08 bits per heavy atom. The quantitative estimate of drug-likeness (QED) is 0.761. The van der Waals surface area contributed by atoms with Crippen LogP contribution in [0.25, 0.3) is 0 Å². The van der Waals surface area contributed by atoms with Crippen molar-refractivity contribution >= 4 is 33.2 Å². The van der Waals surface area contributed by atoms with E-state index in [0.717, 1.165) is 16.9 Å². The fraction of sp³-hybridized carbons (Fsp3) is 0.400. The monoisotopic (exact) mass is 259 g/mol. The van der Waals surface area contributed by atoms with Gasteiger partial charge >= 0.3 is 0 Å². The van der Waals surface area contributed by atoms with E-state index in [1.807, 2.05) is 6.07 Å². The fourth-order valence-electron chi connectivity index (χ4n) is 1.64. The van der Waals surface area contributed by atoms with Gasteiger partial charge < -0.3 is 5.32 Å². The molecule has 1 N–H and O–H groups in total. The van der Waals surface area contributed by atoms with E-state index in [1.54, 1.807) is 0 Å². The number of aryl methyl sites for hydroxylation is 1. The maximum Gasteiger partial charge on any atom is 0.0467 e. The first-order valence-corrected chi connectivity index (χ1v) is 5.92. The van der Waals surface area contributed by atoms with Gasteiger partial charge in [0.15, 0.2) is 0 Å². The Balaban J connectivity index is 2.44. The van der Waals surface area contributed by atoms with E-state index in [4.69, 9.17) is 11.6 Å². The van der Waals surface area contributed by atoms with Crippen LogP contribution in [0.2, 0.25) is 5.02 Å². The van der Waals surface area contributed by atoms with Gasteiger partial charge in [-0.15, -0.1) is 0 Å². The molecule has 1 aromatic rings. The molecule has 1 aromatic carbocycles. The number of hydrogen-bond acceptors (Lipinski definition) is 1. The van der Waals surface area contributed by atoms with E-state index in [1.165, 1.54) is 29.7 Å². The predicted octanol–water partition coefficient (Wildman–Crippen LogP) is 3.59. The highest BCUT2D eigenvalue weighted by molar-refractivity contribution is 9.08. The molecule has 1 aliphatic heterocycles. The molecule has 0 unspecified atom stereocenters. The Labute approximate surface area is 91.6 Å². The molecular formula is C10H11BrClN. The Hall–Kier alpha value is -0.210. The predicted molar refractivity (Wildman–Crippen MR) is 60.9 cm³/mol. The topological polar surface area (TPSA) is 12.0 Å². The van der Waals surface area contributed by atoms with E-state index in [9.17, 15) is 0 Å². The van der Waals surface area contributed by atoms with Gasteiger partial charge in [0.2, 0.25) is 0 Å². The molecule has 0 saturated carbocycles. The lowest BCUT2D eigenvalue weighted by atomic mass is 10.0. The fourth-order valence-corrected chi connectivity index (χ4v) is 2.50. The molecule has 70 valence electrons. The number of anilines is 1. The third-order valence-electron chi connectivity index (χ3n) is 2.35. The molecule has 0 aliphatic carbocycles. The van der Waals surface area contributed by atoms with Crippen LogP contribution in [0, 0.1) is 0 Å². The summed E-state index contributed by atoms with van der Waals surface area (Å²) in [6, 6.07) is 4.23. The van der Waals surface area contributed by atoms with E-state index in [0.29, 0.717) is 0 Å². The Morgan fingerprint density at radius 2 is 2.31 bits per heavy atom. The summed E-state index contributed by atoms with van der Waals surface area (Å²) in [5, 5.41) is 5.04. The number of alkyl halides is 1. The Bertz CT molecular complexity index is 325. The van der Waals surface area contributed by atoms with Gasteiger partial charge in [-0.2, -0.15) is 0 Å². The van der Waals surface area contributed by atoms with Crippen molar-refractivity contribution in [2.24, 2.45) is 0 Å². The van der Waals surface area contributed by atoms with E-state index in [2.05, 4.69) is 27.3 Å². The molecule has 1 heterocycles. The van der Waals surface area contributed by atoms with Crippen LogP contribution in [-0.2, 0) is 11.8 Å². The molecular weight excluding hydrogens is 249 g/mol. The summed E-state index contributed by atoms with van der Waals surface area (Å²) >= 11 is 9.52. The van der Waals surface area contributed by atoms with Gasteiger partial charge in [-0.05, 0) is 30.0 Å². The van der Waals surface area contributed by atoms with Crippen LogP contribution in [0.5, 0.6) is 0 Å². The summed E-state index contributed by atoms with van der Waals surface area (Å²) in [7, 11) is 0. The van der Waals surface area contributed by atoms with E-state index < -0.39 is 0 Å². The molecule has 3 heteroatoms. The standard InChI is InChI=1S/C10H11BrClN/c11-6-8-4-7-2-1-3-13-10(7)5-9(8)12/h4-5,13H,1-3,6H2. The van der Waals surface area contributed by atoms with Crippen molar-refractivity contribution in [1.29, 1.82) is 0 Å². The maximum absolute atomic E-state index is 6.09. The van der Waals surface area contributed by atoms with Crippen LogP contribution in [0.1, 0.15) is 17.5 Å². The molecule has 0 aromatic heterocycles. The van der Waals surface area contributed by atoms with Gasteiger partial charge in [-0.3, -0.25) is 0 Å². The third kappa shape index (κ3) is 1.84. The van der Waals surface area contributed by atoms with E-state index >= 15 is 0 Å². The lowest BCUT2D eigenvalue weighted by Crippen LogP contribution is -2.11. The molecule has 0 amide bonds. The molecule has 1 aliphatic rings. The van der Waals surface area contributed by atoms with Crippen LogP contribution in [0.4, 0.5) is 5.69 Å². The first-order chi connectivity index (χ1) is 6.31. The number of rotatable bonds is 1. The molecule has 0 spiro atoms. The second-order valence-electron chi connectivity index (χ2n) is 3.26. The van der Waals surface area contributed by atoms with Crippen molar-refractivity contribution < 1.29 is 0 Å². The van der Waals surface area contributed by atoms with Gasteiger partial charge in [0.05, 0.1) is 0 Å². The second kappa shape index (κ2) is 3.89. The molecule has 0 radical (unpaired) electrons. The lowest BCUT2D eigenvalue weighted by Gasteiger charge is -2.19. The van der Waals surface area contributed by atoms with Crippen LogP contribution in [0.3, 0.4) is 0 Å². The van der Waals surface area contributed by atoms with Crippen molar-refractivity contribution in [2.45, 2.75) is 18.2 Å². The zero-order valence-corrected chi connectivity index (χ0v) is 9.58. The average Bonchev–Trinajstić information content (AvgIpc) is 2.17. The van der Waals surface area contributed by atoms with Crippen LogP contribution in [-0.4, -0.2) is 6.54 Å². The minimum absolute atomic E-state index is 0.832. The molecule has 0 atom stereocenters. The molecule has 13 heavy (non-hydrogen) atoms. The molecule has 2 rings (SSSR count). The summed E-state index contributed by atoms with van der Waals surface area (Å²) in [6.45, 7) is 1.07. The van der Waals surface area contributed by atoms with Gasteiger partial charge in [0.25, 0.3) is 0 Å². The van der Waals surface area contributed by atoms with Crippen LogP contribution >= 0.6 is 27.5 Å². The van der Waals surface area contributed by atoms with Gasteiger partial charge in [0.1, 0.15) is 0 Å². The van der Waals surface area contributed by atoms with E-state index in [-0.39, 0.29) is 0 Å². The number of benzene rings is 1. The van der Waals surface area contributed by atoms with Gasteiger partial charge in [-0.25, -0.2) is 0 Å². The van der Waals surface area contributed by atoms with Crippen molar-refractivity contribution in [3.63, 3.8) is 0 Å². The summed E-state index contributed by atoms with van der Waals surface area (Å²) in [6.07, 6.45) is 2.38. The van der Waals surface area contributed by atoms with Crippen LogP contribution in [0.15, 0.2) is 12.1 Å². The molecule has 0 fully saturated rings. The van der Waals surface area contributed by atoms with Crippen molar-refractivity contribution in [1.82, 2.24) is 0 Å². The van der Waals surface area contributed by atoms with Gasteiger partial charge in [0, 0.05) is 22.6 Å². The highest BCUT2D eigenvalue weighted by Gasteiger charge is 2.11. The van der Waals surface area contributed by atoms with Crippen molar-refractivity contribution in [3.8, 4) is 0 Å². The van der Waals surface area contributed by atoms with Gasteiger partial charge in [-0.1, -0.05) is 33.6 Å². The normalized spacial score (nSPS) is 14.9. The third-order valence-corrected chi connectivity index (χ3v) is 3.31. The lowest BCUT2D eigenvalue weighted by molar-refractivity contribution is 0.829. The Kier molecular flexibility index (Phi) is 2.80. The minimum Gasteiger partial charge on any atom is -0.385 e. The second-order valence-corrected chi connectivity index (χ2v) is 4.23. The largest absolute Gasteiger partial charge is 0.385 e. The minimum atomic E-state index is 0.832. The first kappa shape index (κ1) is 9.35. The average molecular weight is 261 g/mol. The summed E-state index contributed by atoms with van der Waals surface area (Å²) in [5.41, 5.74) is 3.79. The van der Waals surface area contributed by atoms with Crippen molar-refractivity contribution in [3.05, 3.63) is 28.3 Å². The smallest absolute Gasteiger partial charge is 0.0467 e. The summed E-state index contributed by atoms with van der Waals surface area (Å²) in [4.78, 5) is 0. The number of nitrogens with one attached hydrogen (secondary N) is 1. The molecule has 0 saturated heterocycles. The number of halogens is 2. The molecule has 0 bridgehead atoms.